The number of halogens is 4. The molecule has 0 saturated heterocycles. The van der Waals surface area contributed by atoms with Crippen molar-refractivity contribution in [2.24, 2.45) is 0 Å². The maximum absolute atomic E-state index is 12.3. The lowest BCUT2D eigenvalue weighted by Gasteiger charge is -2.22. The third kappa shape index (κ3) is 5.07. The van der Waals surface area contributed by atoms with Gasteiger partial charge in [0.25, 0.3) is 0 Å². The van der Waals surface area contributed by atoms with Crippen molar-refractivity contribution in [3.63, 3.8) is 0 Å². The molecule has 0 radical (unpaired) electrons. The van der Waals surface area contributed by atoms with Gasteiger partial charge in [-0.3, -0.25) is 4.90 Å². The Hall–Kier alpha value is -1.05. The predicted octanol–water partition coefficient (Wildman–Crippen LogP) is 1.67. The van der Waals surface area contributed by atoms with Gasteiger partial charge in [0.2, 0.25) is 0 Å². The molecule has 1 rings (SSSR count). The molecule has 4 nitrogen and oxygen atoms in total. The summed E-state index contributed by atoms with van der Waals surface area (Å²) in [6.45, 7) is -1.76. The van der Waals surface area contributed by atoms with Crippen molar-refractivity contribution < 1.29 is 18.3 Å². The standard InChI is InChI=1S/C10H13ClF3N3O/c11-7-1-2-9(15)16-8(7)5-17(3-4-18)6-10(12,13)14/h1-2,18H,3-6H2,(H2,15,16). The molecular formula is C10H13ClF3N3O. The number of hydrogen-bond acceptors (Lipinski definition) is 4. The number of aliphatic hydroxyl groups excluding tert-OH is 1. The summed E-state index contributed by atoms with van der Waals surface area (Å²) >= 11 is 5.82. The van der Waals surface area contributed by atoms with Crippen molar-refractivity contribution in [3.05, 3.63) is 22.8 Å². The number of nitrogens with two attached hydrogens (primary N) is 1. The van der Waals surface area contributed by atoms with Crippen molar-refractivity contribution in [2.45, 2.75) is 12.7 Å². The molecule has 18 heavy (non-hydrogen) atoms. The summed E-state index contributed by atoms with van der Waals surface area (Å²) in [5.41, 5.74) is 5.70. The van der Waals surface area contributed by atoms with Gasteiger partial charge in [-0.15, -0.1) is 0 Å². The van der Waals surface area contributed by atoms with Crippen LogP contribution in [0.15, 0.2) is 12.1 Å². The number of hydrogen-bond donors (Lipinski definition) is 2. The molecule has 1 heterocycles. The number of alkyl halides is 3. The molecule has 0 bridgehead atoms. The summed E-state index contributed by atoms with van der Waals surface area (Å²) < 4.78 is 36.9. The molecule has 0 aliphatic heterocycles. The highest BCUT2D eigenvalue weighted by Crippen LogP contribution is 2.21. The van der Waals surface area contributed by atoms with Gasteiger partial charge in [0, 0.05) is 13.1 Å². The topological polar surface area (TPSA) is 62.4 Å². The van der Waals surface area contributed by atoms with Gasteiger partial charge < -0.3 is 10.8 Å². The average molecular weight is 284 g/mol. The van der Waals surface area contributed by atoms with Crippen LogP contribution in [0, 0.1) is 0 Å². The van der Waals surface area contributed by atoms with E-state index >= 15 is 0 Å². The lowest BCUT2D eigenvalue weighted by Crippen LogP contribution is -2.36. The lowest BCUT2D eigenvalue weighted by molar-refractivity contribution is -0.148. The zero-order valence-electron chi connectivity index (χ0n) is 9.41. The molecule has 0 fully saturated rings. The maximum atomic E-state index is 12.3. The molecule has 0 saturated carbocycles. The summed E-state index contributed by atoms with van der Waals surface area (Å²) in [4.78, 5) is 4.89. The Morgan fingerprint density at radius 1 is 1.39 bits per heavy atom. The van der Waals surface area contributed by atoms with Crippen LogP contribution in [-0.4, -0.2) is 40.9 Å². The number of anilines is 1. The first kappa shape index (κ1) is 15.0. The number of aromatic nitrogens is 1. The highest BCUT2D eigenvalue weighted by atomic mass is 35.5. The van der Waals surface area contributed by atoms with Gasteiger partial charge in [-0.1, -0.05) is 11.6 Å². The van der Waals surface area contributed by atoms with Crippen LogP contribution in [0.1, 0.15) is 5.69 Å². The van der Waals surface area contributed by atoms with Gasteiger partial charge in [0.1, 0.15) is 5.82 Å². The molecule has 1 aromatic heterocycles. The molecule has 3 N–H and O–H groups in total. The first-order valence-electron chi connectivity index (χ1n) is 5.12. The molecule has 0 unspecified atom stereocenters. The number of rotatable bonds is 5. The maximum Gasteiger partial charge on any atom is 0.401 e. The number of nitrogen functional groups attached to an aromatic ring is 1. The number of nitrogens with zero attached hydrogens (tertiary/aromatic N) is 2. The lowest BCUT2D eigenvalue weighted by atomic mass is 10.3. The fraction of sp³-hybridized carbons (Fsp3) is 0.500. The van der Waals surface area contributed by atoms with Gasteiger partial charge in [0.05, 0.1) is 23.9 Å². The average Bonchev–Trinajstić information content (AvgIpc) is 2.21. The van der Waals surface area contributed by atoms with Crippen molar-refractivity contribution in [1.29, 1.82) is 0 Å². The van der Waals surface area contributed by atoms with E-state index in [2.05, 4.69) is 4.98 Å². The van der Waals surface area contributed by atoms with Crippen LogP contribution in [0.2, 0.25) is 5.02 Å². The van der Waals surface area contributed by atoms with Crippen molar-refractivity contribution in [3.8, 4) is 0 Å². The zero-order valence-corrected chi connectivity index (χ0v) is 10.2. The summed E-state index contributed by atoms with van der Waals surface area (Å²) in [5.74, 6) is 0.186. The Labute approximate surface area is 107 Å². The van der Waals surface area contributed by atoms with Crippen LogP contribution in [0.3, 0.4) is 0 Å². The Morgan fingerprint density at radius 3 is 2.61 bits per heavy atom. The smallest absolute Gasteiger partial charge is 0.395 e. The second-order valence-electron chi connectivity index (χ2n) is 3.71. The van der Waals surface area contributed by atoms with E-state index in [1.807, 2.05) is 0 Å². The minimum Gasteiger partial charge on any atom is -0.395 e. The van der Waals surface area contributed by atoms with E-state index in [1.54, 1.807) is 0 Å². The third-order valence-corrected chi connectivity index (χ3v) is 2.48. The van der Waals surface area contributed by atoms with E-state index in [0.717, 1.165) is 4.90 Å². The third-order valence-electron chi connectivity index (χ3n) is 2.13. The first-order valence-corrected chi connectivity index (χ1v) is 5.50. The molecular weight excluding hydrogens is 271 g/mol. The molecule has 102 valence electrons. The quantitative estimate of drug-likeness (QED) is 0.863. The van der Waals surface area contributed by atoms with Gasteiger partial charge in [-0.2, -0.15) is 13.2 Å². The minimum atomic E-state index is -4.35. The van der Waals surface area contributed by atoms with Crippen molar-refractivity contribution in [2.75, 3.05) is 25.4 Å². The summed E-state index contributed by atoms with van der Waals surface area (Å²) in [7, 11) is 0. The number of pyridine rings is 1. The fourth-order valence-electron chi connectivity index (χ4n) is 1.43. The molecule has 0 aliphatic carbocycles. The Kier molecular flexibility index (Phi) is 5.18. The summed E-state index contributed by atoms with van der Waals surface area (Å²) in [6.07, 6.45) is -4.35. The van der Waals surface area contributed by atoms with Crippen molar-refractivity contribution in [1.82, 2.24) is 9.88 Å². The summed E-state index contributed by atoms with van der Waals surface area (Å²) in [6, 6.07) is 2.94. The van der Waals surface area contributed by atoms with Crippen LogP contribution in [0.25, 0.3) is 0 Å². The predicted molar refractivity (Wildman–Crippen MR) is 62.1 cm³/mol. The largest absolute Gasteiger partial charge is 0.401 e. The van der Waals surface area contributed by atoms with Gasteiger partial charge >= 0.3 is 6.18 Å². The van der Waals surface area contributed by atoms with E-state index in [0.29, 0.717) is 0 Å². The molecule has 0 amide bonds. The Balaban J connectivity index is 2.79. The van der Waals surface area contributed by atoms with Gasteiger partial charge in [-0.05, 0) is 12.1 Å². The Bertz CT molecular complexity index is 400. The van der Waals surface area contributed by atoms with E-state index in [9.17, 15) is 13.2 Å². The van der Waals surface area contributed by atoms with E-state index in [-0.39, 0.29) is 36.2 Å². The van der Waals surface area contributed by atoms with Crippen LogP contribution < -0.4 is 5.73 Å². The zero-order chi connectivity index (χ0) is 13.8. The van der Waals surface area contributed by atoms with E-state index in [1.165, 1.54) is 12.1 Å². The minimum absolute atomic E-state index is 0.119. The molecule has 0 atom stereocenters. The van der Waals surface area contributed by atoms with Crippen LogP contribution in [0.4, 0.5) is 19.0 Å². The molecule has 0 spiro atoms. The molecule has 0 aliphatic rings. The van der Waals surface area contributed by atoms with Gasteiger partial charge in [-0.25, -0.2) is 4.98 Å². The fourth-order valence-corrected chi connectivity index (χ4v) is 1.60. The summed E-state index contributed by atoms with van der Waals surface area (Å²) in [5, 5.41) is 8.99. The number of aliphatic hydroxyl groups is 1. The highest BCUT2D eigenvalue weighted by molar-refractivity contribution is 6.31. The molecule has 8 heteroatoms. The van der Waals surface area contributed by atoms with Crippen LogP contribution in [-0.2, 0) is 6.54 Å². The SMILES string of the molecule is Nc1ccc(Cl)c(CN(CCO)CC(F)(F)F)n1. The normalized spacial score (nSPS) is 12.1. The first-order chi connectivity index (χ1) is 8.31. The highest BCUT2D eigenvalue weighted by Gasteiger charge is 2.30. The van der Waals surface area contributed by atoms with E-state index < -0.39 is 12.7 Å². The monoisotopic (exact) mass is 283 g/mol. The molecule has 0 aromatic carbocycles. The second-order valence-corrected chi connectivity index (χ2v) is 4.12. The van der Waals surface area contributed by atoms with Crippen LogP contribution >= 0.6 is 11.6 Å². The Morgan fingerprint density at radius 2 is 2.06 bits per heavy atom. The van der Waals surface area contributed by atoms with Gasteiger partial charge in [0.15, 0.2) is 0 Å². The van der Waals surface area contributed by atoms with Crippen molar-refractivity contribution >= 4 is 17.4 Å². The van der Waals surface area contributed by atoms with Crippen LogP contribution in [0.5, 0.6) is 0 Å². The molecule has 1 aromatic rings. The van der Waals surface area contributed by atoms with E-state index in [4.69, 9.17) is 22.4 Å². The second kappa shape index (κ2) is 6.21.